The Morgan fingerprint density at radius 3 is 2.67 bits per heavy atom. The second kappa shape index (κ2) is 7.32. The minimum atomic E-state index is -3.01. The van der Waals surface area contributed by atoms with E-state index in [9.17, 15) is 23.7 Å². The van der Waals surface area contributed by atoms with Crippen molar-refractivity contribution in [2.75, 3.05) is 0 Å². The number of esters is 1. The minimum Gasteiger partial charge on any atom is -0.434 e. The number of ether oxygens (including phenoxy) is 2. The Morgan fingerprint density at radius 2 is 2.00 bits per heavy atom. The van der Waals surface area contributed by atoms with Gasteiger partial charge in [-0.15, -0.1) is 0 Å². The van der Waals surface area contributed by atoms with Crippen LogP contribution in [0.4, 0.5) is 14.5 Å². The number of nitro groups is 1. The zero-order valence-electron chi connectivity index (χ0n) is 13.9. The van der Waals surface area contributed by atoms with Crippen LogP contribution in [0.1, 0.15) is 16.7 Å². The van der Waals surface area contributed by atoms with E-state index in [1.807, 2.05) is 0 Å². The van der Waals surface area contributed by atoms with E-state index in [4.69, 9.17) is 4.74 Å². The minimum absolute atomic E-state index is 0.0310. The van der Waals surface area contributed by atoms with Crippen molar-refractivity contribution < 1.29 is 28.0 Å². The van der Waals surface area contributed by atoms with E-state index in [2.05, 4.69) is 9.73 Å². The number of benzene rings is 2. The fourth-order valence-electron chi connectivity index (χ4n) is 2.48. The second-order valence-electron chi connectivity index (χ2n) is 5.51. The zero-order chi connectivity index (χ0) is 19.6. The van der Waals surface area contributed by atoms with Crippen molar-refractivity contribution in [1.29, 1.82) is 0 Å². The molecule has 2 aromatic rings. The number of nitrogens with zero attached hydrogens (tertiary/aromatic N) is 2. The lowest BCUT2D eigenvalue weighted by Gasteiger charge is -2.07. The molecule has 0 bridgehead atoms. The molecule has 138 valence electrons. The number of hydrogen-bond acceptors (Lipinski definition) is 6. The molecule has 27 heavy (non-hydrogen) atoms. The number of carbonyl (C=O) groups excluding carboxylic acids is 1. The summed E-state index contributed by atoms with van der Waals surface area (Å²) in [7, 11) is 0. The number of aryl methyl sites for hydroxylation is 1. The number of alkyl halides is 2. The molecule has 0 saturated heterocycles. The van der Waals surface area contributed by atoms with Crippen LogP contribution in [0.2, 0.25) is 0 Å². The summed E-state index contributed by atoms with van der Waals surface area (Å²) < 4.78 is 34.5. The fourth-order valence-corrected chi connectivity index (χ4v) is 2.48. The summed E-state index contributed by atoms with van der Waals surface area (Å²) in [6.45, 7) is -1.46. The number of cyclic esters (lactones) is 1. The van der Waals surface area contributed by atoms with E-state index < -0.39 is 17.5 Å². The van der Waals surface area contributed by atoms with Crippen molar-refractivity contribution in [3.05, 3.63) is 75.0 Å². The summed E-state index contributed by atoms with van der Waals surface area (Å²) in [6, 6.07) is 10.1. The van der Waals surface area contributed by atoms with Gasteiger partial charge >= 0.3 is 12.6 Å². The van der Waals surface area contributed by atoms with Gasteiger partial charge in [0, 0.05) is 22.8 Å². The Morgan fingerprint density at radius 1 is 1.26 bits per heavy atom. The highest BCUT2D eigenvalue weighted by Gasteiger charge is 2.25. The van der Waals surface area contributed by atoms with Crippen molar-refractivity contribution in [2.24, 2.45) is 4.99 Å². The normalized spacial score (nSPS) is 15.0. The number of aliphatic imine (C=N–C) groups is 1. The first-order valence-electron chi connectivity index (χ1n) is 7.67. The maximum Gasteiger partial charge on any atom is 0.387 e. The molecule has 0 unspecified atom stereocenters. The van der Waals surface area contributed by atoms with E-state index in [0.717, 1.165) is 0 Å². The molecule has 9 heteroatoms. The molecule has 0 radical (unpaired) electrons. The number of hydrogen-bond donors (Lipinski definition) is 0. The Bertz CT molecular complexity index is 985. The molecule has 7 nitrogen and oxygen atoms in total. The molecule has 1 heterocycles. The van der Waals surface area contributed by atoms with Crippen molar-refractivity contribution >= 4 is 23.6 Å². The largest absolute Gasteiger partial charge is 0.434 e. The van der Waals surface area contributed by atoms with Crippen molar-refractivity contribution in [3.8, 4) is 5.75 Å². The third-order valence-corrected chi connectivity index (χ3v) is 3.69. The number of halogens is 2. The Kier molecular flexibility index (Phi) is 4.93. The molecule has 0 amide bonds. The van der Waals surface area contributed by atoms with Gasteiger partial charge in [-0.1, -0.05) is 18.2 Å². The lowest BCUT2D eigenvalue weighted by molar-refractivity contribution is -0.385. The number of nitro benzene ring substituents is 1. The van der Waals surface area contributed by atoms with Crippen molar-refractivity contribution in [3.63, 3.8) is 0 Å². The maximum absolute atomic E-state index is 12.5. The summed E-state index contributed by atoms with van der Waals surface area (Å²) in [6.07, 6.45) is 1.27. The van der Waals surface area contributed by atoms with Crippen LogP contribution in [0.25, 0.3) is 6.08 Å². The van der Waals surface area contributed by atoms with Crippen molar-refractivity contribution in [2.45, 2.75) is 13.5 Å². The molecular weight excluding hydrogens is 362 g/mol. The van der Waals surface area contributed by atoms with Crippen molar-refractivity contribution in [1.82, 2.24) is 0 Å². The summed E-state index contributed by atoms with van der Waals surface area (Å²) in [5, 5.41) is 10.9. The SMILES string of the molecule is Cc1cc(C2=N/C(=C\c3ccccc3OC(F)F)C(=O)O2)ccc1[N+](=O)[O-]. The van der Waals surface area contributed by atoms with E-state index >= 15 is 0 Å². The number of para-hydroxylation sites is 1. The quantitative estimate of drug-likeness (QED) is 0.343. The van der Waals surface area contributed by atoms with Gasteiger partial charge < -0.3 is 9.47 Å². The molecule has 0 atom stereocenters. The molecule has 2 aromatic carbocycles. The van der Waals surface area contributed by atoms with Crippen LogP contribution in [-0.2, 0) is 9.53 Å². The first-order chi connectivity index (χ1) is 12.8. The van der Waals surface area contributed by atoms with Gasteiger partial charge in [0.2, 0.25) is 5.90 Å². The molecule has 0 fully saturated rings. The van der Waals surface area contributed by atoms with Gasteiger partial charge in [-0.2, -0.15) is 8.78 Å². The monoisotopic (exact) mass is 374 g/mol. The topological polar surface area (TPSA) is 91.0 Å². The lowest BCUT2D eigenvalue weighted by Crippen LogP contribution is -2.06. The smallest absolute Gasteiger partial charge is 0.387 e. The average Bonchev–Trinajstić information content (AvgIpc) is 2.96. The Balaban J connectivity index is 1.94. The van der Waals surface area contributed by atoms with Crippen LogP contribution in [-0.4, -0.2) is 23.4 Å². The summed E-state index contributed by atoms with van der Waals surface area (Å²) in [5.74, 6) is -0.910. The average molecular weight is 374 g/mol. The predicted octanol–water partition coefficient (Wildman–Crippen LogP) is 3.85. The molecule has 1 aliphatic heterocycles. The standard InChI is InChI=1S/C18H12F2N2O5/c1-10-8-12(6-7-14(10)22(24)25)16-21-13(17(23)27-16)9-11-4-2-3-5-15(11)26-18(19)20/h2-9,18H,1H3/b13-9-. The molecule has 0 aliphatic carbocycles. The molecular formula is C18H12F2N2O5. The first kappa shape index (κ1) is 18.2. The highest BCUT2D eigenvalue weighted by Crippen LogP contribution is 2.27. The summed E-state index contributed by atoms with van der Waals surface area (Å²) >= 11 is 0. The van der Waals surface area contributed by atoms with Gasteiger partial charge in [0.15, 0.2) is 5.70 Å². The molecule has 3 rings (SSSR count). The van der Waals surface area contributed by atoms with Gasteiger partial charge in [-0.05, 0) is 31.2 Å². The molecule has 1 aliphatic rings. The van der Waals surface area contributed by atoms with Gasteiger partial charge in [-0.25, -0.2) is 9.79 Å². The molecule has 0 aromatic heterocycles. The predicted molar refractivity (Wildman–Crippen MR) is 91.5 cm³/mol. The summed E-state index contributed by atoms with van der Waals surface area (Å²) in [5.41, 5.74) is 0.815. The Hall–Kier alpha value is -3.62. The maximum atomic E-state index is 12.5. The van der Waals surface area contributed by atoms with Gasteiger partial charge in [0.25, 0.3) is 5.69 Å². The van der Waals surface area contributed by atoms with E-state index in [-0.39, 0.29) is 28.6 Å². The fraction of sp³-hybridized carbons (Fsp3) is 0.111. The third-order valence-electron chi connectivity index (χ3n) is 3.69. The van der Waals surface area contributed by atoms with Gasteiger partial charge in [0.1, 0.15) is 5.75 Å². The van der Waals surface area contributed by atoms with Crippen LogP contribution in [0.3, 0.4) is 0 Å². The van der Waals surface area contributed by atoms with Crippen LogP contribution < -0.4 is 4.74 Å². The lowest BCUT2D eigenvalue weighted by atomic mass is 10.1. The van der Waals surface area contributed by atoms with Crippen LogP contribution in [0.5, 0.6) is 5.75 Å². The Labute approximate surface area is 151 Å². The number of rotatable bonds is 5. The van der Waals surface area contributed by atoms with Crippen LogP contribution >= 0.6 is 0 Å². The van der Waals surface area contributed by atoms with Gasteiger partial charge in [-0.3, -0.25) is 10.1 Å². The highest BCUT2D eigenvalue weighted by molar-refractivity contribution is 6.13. The second-order valence-corrected chi connectivity index (χ2v) is 5.51. The van der Waals surface area contributed by atoms with E-state index in [0.29, 0.717) is 11.1 Å². The van der Waals surface area contributed by atoms with Crippen LogP contribution in [0.15, 0.2) is 53.2 Å². The molecule has 0 saturated carbocycles. The van der Waals surface area contributed by atoms with Crippen LogP contribution in [0, 0.1) is 17.0 Å². The van der Waals surface area contributed by atoms with E-state index in [1.165, 1.54) is 42.5 Å². The zero-order valence-corrected chi connectivity index (χ0v) is 13.9. The van der Waals surface area contributed by atoms with Gasteiger partial charge in [0.05, 0.1) is 4.92 Å². The summed E-state index contributed by atoms with van der Waals surface area (Å²) in [4.78, 5) is 26.5. The molecule has 0 N–H and O–H groups in total. The highest BCUT2D eigenvalue weighted by atomic mass is 19.3. The third kappa shape index (κ3) is 3.97. The van der Waals surface area contributed by atoms with E-state index in [1.54, 1.807) is 13.0 Å². The first-order valence-corrected chi connectivity index (χ1v) is 7.67. The number of carbonyl (C=O) groups is 1. The molecule has 0 spiro atoms.